The van der Waals surface area contributed by atoms with Crippen LogP contribution < -0.4 is 0 Å². The summed E-state index contributed by atoms with van der Waals surface area (Å²) in [6.07, 6.45) is 1.68. The molecule has 0 saturated carbocycles. The summed E-state index contributed by atoms with van der Waals surface area (Å²) in [6.45, 7) is 7.45. The molecule has 2 aromatic heterocycles. The second-order valence-corrected chi connectivity index (χ2v) is 7.42. The van der Waals surface area contributed by atoms with Gasteiger partial charge in [-0.15, -0.1) is 0 Å². The first-order chi connectivity index (χ1) is 12.1. The van der Waals surface area contributed by atoms with Gasteiger partial charge < -0.3 is 9.88 Å². The van der Waals surface area contributed by atoms with Crippen LogP contribution in [0.2, 0.25) is 5.02 Å². The number of aromatic nitrogens is 2. The van der Waals surface area contributed by atoms with Gasteiger partial charge in [0.1, 0.15) is 5.65 Å². The summed E-state index contributed by atoms with van der Waals surface area (Å²) >= 11 is 8.01. The SMILES string of the molecule is CCN(CC)CCSCC(=O)c1ccc2[nH]c3nccc(Cl)c3c2c1. The maximum Gasteiger partial charge on any atom is 0.172 e. The Morgan fingerprint density at radius 2 is 2.08 bits per heavy atom. The number of carbonyl (C=O) groups is 1. The van der Waals surface area contributed by atoms with Crippen LogP contribution in [-0.4, -0.2) is 51.8 Å². The summed E-state index contributed by atoms with van der Waals surface area (Å²) in [5, 5.41) is 2.48. The maximum atomic E-state index is 12.5. The van der Waals surface area contributed by atoms with E-state index in [-0.39, 0.29) is 5.78 Å². The topological polar surface area (TPSA) is 49.0 Å². The lowest BCUT2D eigenvalue weighted by atomic mass is 10.1. The van der Waals surface area contributed by atoms with Crippen molar-refractivity contribution in [2.24, 2.45) is 0 Å². The average Bonchev–Trinajstić information content (AvgIpc) is 3.00. The Morgan fingerprint density at radius 3 is 2.84 bits per heavy atom. The molecule has 1 N–H and O–H groups in total. The average molecular weight is 376 g/mol. The molecule has 4 nitrogen and oxygen atoms in total. The quantitative estimate of drug-likeness (QED) is 0.460. The third kappa shape index (κ3) is 4.00. The molecule has 0 radical (unpaired) electrons. The normalized spacial score (nSPS) is 11.7. The lowest BCUT2D eigenvalue weighted by molar-refractivity contribution is 0.102. The number of thioether (sulfide) groups is 1. The molecule has 0 fully saturated rings. The zero-order chi connectivity index (χ0) is 17.8. The van der Waals surface area contributed by atoms with Crippen molar-refractivity contribution in [1.29, 1.82) is 0 Å². The van der Waals surface area contributed by atoms with E-state index < -0.39 is 0 Å². The number of benzene rings is 1. The number of rotatable bonds is 8. The van der Waals surface area contributed by atoms with Gasteiger partial charge in [-0.05, 0) is 37.4 Å². The Balaban J connectivity index is 1.73. The minimum absolute atomic E-state index is 0.154. The molecule has 3 rings (SSSR count). The zero-order valence-electron chi connectivity index (χ0n) is 14.5. The Morgan fingerprint density at radius 1 is 1.28 bits per heavy atom. The number of nitrogens with one attached hydrogen (secondary N) is 1. The van der Waals surface area contributed by atoms with Crippen LogP contribution in [0.4, 0.5) is 0 Å². The fourth-order valence-electron chi connectivity index (χ4n) is 2.93. The molecule has 0 bridgehead atoms. The smallest absolute Gasteiger partial charge is 0.172 e. The molecule has 132 valence electrons. The van der Waals surface area contributed by atoms with Crippen LogP contribution in [0.15, 0.2) is 30.5 Å². The highest BCUT2D eigenvalue weighted by atomic mass is 35.5. The third-order valence-corrected chi connectivity index (χ3v) is 5.70. The van der Waals surface area contributed by atoms with Gasteiger partial charge in [0.25, 0.3) is 0 Å². The van der Waals surface area contributed by atoms with E-state index in [9.17, 15) is 4.79 Å². The first-order valence-corrected chi connectivity index (χ1v) is 10.1. The fourth-order valence-corrected chi connectivity index (χ4v) is 4.06. The van der Waals surface area contributed by atoms with Crippen LogP contribution in [0, 0.1) is 0 Å². The molecule has 0 spiro atoms. The number of fused-ring (bicyclic) bond motifs is 3. The molecule has 0 aliphatic rings. The lowest BCUT2D eigenvalue weighted by Gasteiger charge is -2.17. The largest absolute Gasteiger partial charge is 0.339 e. The van der Waals surface area contributed by atoms with E-state index in [0.717, 1.165) is 52.9 Å². The Kier molecular flexibility index (Phi) is 5.99. The van der Waals surface area contributed by atoms with Crippen LogP contribution in [-0.2, 0) is 0 Å². The second-order valence-electron chi connectivity index (χ2n) is 5.90. The molecule has 0 aliphatic heterocycles. The Bertz CT molecular complexity index is 889. The second kappa shape index (κ2) is 8.21. The van der Waals surface area contributed by atoms with E-state index in [1.807, 2.05) is 18.2 Å². The van der Waals surface area contributed by atoms with Crippen molar-refractivity contribution < 1.29 is 4.79 Å². The first kappa shape index (κ1) is 18.2. The summed E-state index contributed by atoms with van der Waals surface area (Å²) in [6, 6.07) is 7.50. The van der Waals surface area contributed by atoms with Gasteiger partial charge >= 0.3 is 0 Å². The number of ketones is 1. The zero-order valence-corrected chi connectivity index (χ0v) is 16.1. The lowest BCUT2D eigenvalue weighted by Crippen LogP contribution is -2.25. The van der Waals surface area contributed by atoms with Gasteiger partial charge in [0.05, 0.1) is 10.8 Å². The van der Waals surface area contributed by atoms with Gasteiger partial charge in [-0.3, -0.25) is 4.79 Å². The summed E-state index contributed by atoms with van der Waals surface area (Å²) in [7, 11) is 0. The number of hydrogen-bond donors (Lipinski definition) is 1. The van der Waals surface area contributed by atoms with Crippen molar-refractivity contribution in [3.8, 4) is 0 Å². The van der Waals surface area contributed by atoms with Gasteiger partial charge in [-0.25, -0.2) is 4.98 Å². The standard InChI is InChI=1S/C19H22ClN3OS/c1-3-23(4-2)9-10-25-12-17(24)13-5-6-16-14(11-13)18-15(20)7-8-21-19(18)22-16/h5-8,11H,3-4,9-10,12H2,1-2H3,(H,21,22). The molecule has 0 unspecified atom stereocenters. The van der Waals surface area contributed by atoms with Gasteiger partial charge in [-0.2, -0.15) is 11.8 Å². The van der Waals surface area contributed by atoms with Gasteiger partial charge in [0, 0.05) is 40.3 Å². The number of nitrogens with zero attached hydrogens (tertiary/aromatic N) is 2. The number of H-pyrrole nitrogens is 1. The summed E-state index contributed by atoms with van der Waals surface area (Å²) in [4.78, 5) is 22.4. The predicted molar refractivity (Wildman–Crippen MR) is 108 cm³/mol. The van der Waals surface area contributed by atoms with Gasteiger partial charge in [0.2, 0.25) is 0 Å². The van der Waals surface area contributed by atoms with Crippen molar-refractivity contribution in [2.75, 3.05) is 31.1 Å². The van der Waals surface area contributed by atoms with Gasteiger partial charge in [0.15, 0.2) is 5.78 Å². The van der Waals surface area contributed by atoms with Crippen LogP contribution in [0.3, 0.4) is 0 Å². The highest BCUT2D eigenvalue weighted by molar-refractivity contribution is 8.00. The fraction of sp³-hybridized carbons (Fsp3) is 0.368. The van der Waals surface area contributed by atoms with Crippen LogP contribution in [0.25, 0.3) is 21.9 Å². The Hall–Kier alpha value is -1.56. The molecule has 2 heterocycles. The van der Waals surface area contributed by atoms with Crippen LogP contribution >= 0.6 is 23.4 Å². The molecule has 25 heavy (non-hydrogen) atoms. The number of carbonyl (C=O) groups excluding carboxylic acids is 1. The molecule has 0 saturated heterocycles. The number of aromatic amines is 1. The molecule has 6 heteroatoms. The van der Waals surface area contributed by atoms with Crippen molar-refractivity contribution in [1.82, 2.24) is 14.9 Å². The highest BCUT2D eigenvalue weighted by Gasteiger charge is 2.12. The molecule has 1 aromatic carbocycles. The predicted octanol–water partition coefficient (Wildman–Crippen LogP) is 4.63. The summed E-state index contributed by atoms with van der Waals surface area (Å²) < 4.78 is 0. The van der Waals surface area contributed by atoms with Crippen molar-refractivity contribution in [3.63, 3.8) is 0 Å². The van der Waals surface area contributed by atoms with Crippen molar-refractivity contribution in [2.45, 2.75) is 13.8 Å². The minimum Gasteiger partial charge on any atom is -0.339 e. The molecule has 0 atom stereocenters. The number of hydrogen-bond acceptors (Lipinski definition) is 4. The molecule has 0 aliphatic carbocycles. The van der Waals surface area contributed by atoms with E-state index in [0.29, 0.717) is 10.8 Å². The number of halogens is 1. The van der Waals surface area contributed by atoms with E-state index >= 15 is 0 Å². The van der Waals surface area contributed by atoms with Crippen LogP contribution in [0.5, 0.6) is 0 Å². The van der Waals surface area contributed by atoms with E-state index in [2.05, 4.69) is 28.7 Å². The third-order valence-electron chi connectivity index (χ3n) is 4.44. The molecular formula is C19H22ClN3OS. The summed E-state index contributed by atoms with van der Waals surface area (Å²) in [5.41, 5.74) is 2.42. The monoisotopic (exact) mass is 375 g/mol. The molecule has 0 amide bonds. The summed E-state index contributed by atoms with van der Waals surface area (Å²) in [5.74, 6) is 1.63. The van der Waals surface area contributed by atoms with Crippen molar-refractivity contribution >= 4 is 51.1 Å². The molecular weight excluding hydrogens is 354 g/mol. The number of pyridine rings is 1. The van der Waals surface area contributed by atoms with Crippen LogP contribution in [0.1, 0.15) is 24.2 Å². The maximum absolute atomic E-state index is 12.5. The van der Waals surface area contributed by atoms with E-state index in [1.54, 1.807) is 24.0 Å². The van der Waals surface area contributed by atoms with Crippen molar-refractivity contribution in [3.05, 3.63) is 41.0 Å². The van der Waals surface area contributed by atoms with Gasteiger partial charge in [-0.1, -0.05) is 25.4 Å². The molecule has 3 aromatic rings. The first-order valence-electron chi connectivity index (χ1n) is 8.53. The number of Topliss-reactive ketones (excluding diaryl/α,β-unsaturated/α-hetero) is 1. The minimum atomic E-state index is 0.154. The Labute approximate surface area is 156 Å². The highest BCUT2D eigenvalue weighted by Crippen LogP contribution is 2.30. The van der Waals surface area contributed by atoms with E-state index in [1.165, 1.54) is 0 Å². The van der Waals surface area contributed by atoms with E-state index in [4.69, 9.17) is 11.6 Å².